The Labute approximate surface area is 142 Å². The number of fused-ring (bicyclic) bond motifs is 1. The maximum atomic E-state index is 12.7. The van der Waals surface area contributed by atoms with Crippen molar-refractivity contribution < 1.29 is 19.6 Å². The first kappa shape index (κ1) is 16.9. The molecule has 0 aliphatic heterocycles. The van der Waals surface area contributed by atoms with Gasteiger partial charge in [0.05, 0.1) is 21.9 Å². The number of benzene rings is 1. The standard InChI is InChI=1S/C16H18N4O5/c1-16(7-3-2-4-11(16)15(22)23)17-14(21)13-10-8-9(20(24)25)5-6-12(10)18-19-13/h5-6,8,11H,2-4,7H2,1H3,(H,17,21)(H,18,19)(H,22,23). The highest BCUT2D eigenvalue weighted by atomic mass is 16.6. The third-order valence-corrected chi connectivity index (χ3v) is 4.88. The van der Waals surface area contributed by atoms with Crippen LogP contribution in [0, 0.1) is 16.0 Å². The molecule has 2 aromatic rings. The largest absolute Gasteiger partial charge is 0.481 e. The number of aromatic nitrogens is 2. The summed E-state index contributed by atoms with van der Waals surface area (Å²) in [7, 11) is 0. The third-order valence-electron chi connectivity index (χ3n) is 4.88. The molecule has 1 heterocycles. The van der Waals surface area contributed by atoms with Crippen LogP contribution in [-0.2, 0) is 4.79 Å². The number of amides is 1. The van der Waals surface area contributed by atoms with Gasteiger partial charge in [-0.1, -0.05) is 12.8 Å². The van der Waals surface area contributed by atoms with Crippen LogP contribution in [0.25, 0.3) is 10.9 Å². The summed E-state index contributed by atoms with van der Waals surface area (Å²) in [6, 6.07) is 4.09. The lowest BCUT2D eigenvalue weighted by molar-refractivity contribution is -0.384. The molecule has 1 saturated carbocycles. The highest BCUT2D eigenvalue weighted by Gasteiger charge is 2.42. The summed E-state index contributed by atoms with van der Waals surface area (Å²) in [5.41, 5.74) is -0.503. The van der Waals surface area contributed by atoms with Crippen LogP contribution < -0.4 is 5.32 Å². The molecule has 1 aromatic heterocycles. The number of carbonyl (C=O) groups excluding carboxylic acids is 1. The lowest BCUT2D eigenvalue weighted by Crippen LogP contribution is -2.55. The molecule has 0 radical (unpaired) electrons. The number of nitrogens with one attached hydrogen (secondary N) is 2. The zero-order chi connectivity index (χ0) is 18.2. The number of hydrogen-bond acceptors (Lipinski definition) is 5. The first-order valence-electron chi connectivity index (χ1n) is 8.00. The molecular weight excluding hydrogens is 328 g/mol. The number of rotatable bonds is 4. The number of non-ortho nitro benzene ring substituents is 1. The maximum Gasteiger partial charge on any atom is 0.308 e. The van der Waals surface area contributed by atoms with Crippen molar-refractivity contribution in [1.29, 1.82) is 0 Å². The fraction of sp³-hybridized carbons (Fsp3) is 0.438. The maximum absolute atomic E-state index is 12.7. The van der Waals surface area contributed by atoms with E-state index >= 15 is 0 Å². The summed E-state index contributed by atoms with van der Waals surface area (Å²) in [6.07, 6.45) is 2.68. The number of H-pyrrole nitrogens is 1. The second-order valence-electron chi connectivity index (χ2n) is 6.57. The molecule has 1 fully saturated rings. The van der Waals surface area contributed by atoms with E-state index in [9.17, 15) is 24.8 Å². The normalized spacial score (nSPS) is 23.3. The Hall–Kier alpha value is -2.97. The van der Waals surface area contributed by atoms with Crippen molar-refractivity contribution >= 4 is 28.5 Å². The van der Waals surface area contributed by atoms with E-state index in [1.54, 1.807) is 6.92 Å². The second kappa shape index (κ2) is 6.15. The van der Waals surface area contributed by atoms with Crippen molar-refractivity contribution in [2.75, 3.05) is 0 Å². The predicted molar refractivity (Wildman–Crippen MR) is 88.2 cm³/mol. The van der Waals surface area contributed by atoms with Crippen molar-refractivity contribution in [3.05, 3.63) is 34.0 Å². The zero-order valence-corrected chi connectivity index (χ0v) is 13.6. The molecule has 0 saturated heterocycles. The SMILES string of the molecule is CC1(NC(=O)c2n[nH]c3ccc([N+](=O)[O-])cc23)CCCCC1C(=O)O. The number of aromatic amines is 1. The minimum Gasteiger partial charge on any atom is -0.481 e. The molecule has 3 N–H and O–H groups in total. The van der Waals surface area contributed by atoms with Gasteiger partial charge in [0.15, 0.2) is 5.69 Å². The van der Waals surface area contributed by atoms with Gasteiger partial charge in [0.1, 0.15) is 0 Å². The summed E-state index contributed by atoms with van der Waals surface area (Å²) >= 11 is 0. The zero-order valence-electron chi connectivity index (χ0n) is 13.6. The Kier molecular flexibility index (Phi) is 4.15. The average Bonchev–Trinajstić information content (AvgIpc) is 2.97. The van der Waals surface area contributed by atoms with Gasteiger partial charge in [0.25, 0.3) is 11.6 Å². The molecule has 25 heavy (non-hydrogen) atoms. The second-order valence-corrected chi connectivity index (χ2v) is 6.57. The van der Waals surface area contributed by atoms with Crippen LogP contribution in [0.4, 0.5) is 5.69 Å². The van der Waals surface area contributed by atoms with Crippen LogP contribution >= 0.6 is 0 Å². The van der Waals surface area contributed by atoms with E-state index < -0.39 is 28.3 Å². The van der Waals surface area contributed by atoms with Crippen LogP contribution in [0.2, 0.25) is 0 Å². The minimum atomic E-state index is -0.940. The van der Waals surface area contributed by atoms with E-state index in [0.29, 0.717) is 23.7 Å². The Bertz CT molecular complexity index is 861. The van der Waals surface area contributed by atoms with Crippen molar-refractivity contribution in [3.8, 4) is 0 Å². The summed E-state index contributed by atoms with van der Waals surface area (Å²) in [6.45, 7) is 1.72. The molecule has 9 heteroatoms. The topological polar surface area (TPSA) is 138 Å². The number of hydrogen-bond donors (Lipinski definition) is 3. The number of nitro benzene ring substituents is 1. The van der Waals surface area contributed by atoms with Gasteiger partial charge in [-0.05, 0) is 25.8 Å². The van der Waals surface area contributed by atoms with Gasteiger partial charge in [-0.25, -0.2) is 0 Å². The molecular formula is C16H18N4O5. The Balaban J connectivity index is 1.92. The number of carboxylic acids is 1. The molecule has 2 unspecified atom stereocenters. The molecule has 1 aliphatic carbocycles. The van der Waals surface area contributed by atoms with E-state index in [1.165, 1.54) is 18.2 Å². The number of nitro groups is 1. The molecule has 1 amide bonds. The fourth-order valence-electron chi connectivity index (χ4n) is 3.49. The molecule has 0 spiro atoms. The van der Waals surface area contributed by atoms with Crippen LogP contribution in [0.3, 0.4) is 0 Å². The summed E-state index contributed by atoms with van der Waals surface area (Å²) in [4.78, 5) is 34.6. The van der Waals surface area contributed by atoms with Crippen molar-refractivity contribution in [3.63, 3.8) is 0 Å². The predicted octanol–water partition coefficient (Wildman–Crippen LogP) is 2.23. The number of carboxylic acid groups (broad SMARTS) is 1. The van der Waals surface area contributed by atoms with Crippen molar-refractivity contribution in [1.82, 2.24) is 15.5 Å². The van der Waals surface area contributed by atoms with Crippen LogP contribution in [0.5, 0.6) is 0 Å². The molecule has 132 valence electrons. The Morgan fingerprint density at radius 1 is 1.44 bits per heavy atom. The number of aliphatic carboxylic acids is 1. The number of carbonyl (C=O) groups is 2. The highest BCUT2D eigenvalue weighted by Crippen LogP contribution is 2.34. The quantitative estimate of drug-likeness (QED) is 0.573. The molecule has 3 rings (SSSR count). The van der Waals surface area contributed by atoms with E-state index in [2.05, 4.69) is 15.5 Å². The Morgan fingerprint density at radius 2 is 2.20 bits per heavy atom. The third kappa shape index (κ3) is 3.04. The smallest absolute Gasteiger partial charge is 0.308 e. The van der Waals surface area contributed by atoms with E-state index in [4.69, 9.17) is 0 Å². The molecule has 9 nitrogen and oxygen atoms in total. The summed E-state index contributed by atoms with van der Waals surface area (Å²) in [5.74, 6) is -2.16. The molecule has 2 atom stereocenters. The highest BCUT2D eigenvalue weighted by molar-refractivity contribution is 6.05. The van der Waals surface area contributed by atoms with Gasteiger partial charge in [-0.15, -0.1) is 0 Å². The van der Waals surface area contributed by atoms with Crippen LogP contribution in [-0.4, -0.2) is 37.6 Å². The van der Waals surface area contributed by atoms with Crippen LogP contribution in [0.1, 0.15) is 43.1 Å². The Morgan fingerprint density at radius 3 is 2.88 bits per heavy atom. The first-order valence-corrected chi connectivity index (χ1v) is 8.00. The summed E-state index contributed by atoms with van der Waals surface area (Å²) < 4.78 is 0. The van der Waals surface area contributed by atoms with E-state index in [1.807, 2.05) is 0 Å². The fourth-order valence-corrected chi connectivity index (χ4v) is 3.49. The average molecular weight is 346 g/mol. The lowest BCUT2D eigenvalue weighted by Gasteiger charge is -2.39. The molecule has 1 aliphatic rings. The van der Waals surface area contributed by atoms with Gasteiger partial charge in [-0.2, -0.15) is 5.10 Å². The van der Waals surface area contributed by atoms with Gasteiger partial charge in [-0.3, -0.25) is 24.8 Å². The minimum absolute atomic E-state index is 0.0228. The van der Waals surface area contributed by atoms with E-state index in [-0.39, 0.29) is 11.4 Å². The van der Waals surface area contributed by atoms with Gasteiger partial charge >= 0.3 is 5.97 Å². The van der Waals surface area contributed by atoms with Crippen molar-refractivity contribution in [2.24, 2.45) is 5.92 Å². The summed E-state index contributed by atoms with van der Waals surface area (Å²) in [5, 5.41) is 30.1. The number of nitrogens with zero attached hydrogens (tertiary/aromatic N) is 2. The lowest BCUT2D eigenvalue weighted by atomic mass is 9.74. The first-order chi connectivity index (χ1) is 11.8. The monoisotopic (exact) mass is 346 g/mol. The van der Waals surface area contributed by atoms with Gasteiger partial charge in [0, 0.05) is 17.5 Å². The molecule has 0 bridgehead atoms. The van der Waals surface area contributed by atoms with Gasteiger partial charge in [0.2, 0.25) is 0 Å². The van der Waals surface area contributed by atoms with Crippen molar-refractivity contribution in [2.45, 2.75) is 38.1 Å². The molecule has 1 aromatic carbocycles. The van der Waals surface area contributed by atoms with Gasteiger partial charge < -0.3 is 10.4 Å². The van der Waals surface area contributed by atoms with Crippen LogP contribution in [0.15, 0.2) is 18.2 Å². The van der Waals surface area contributed by atoms with E-state index in [0.717, 1.165) is 12.8 Å².